The van der Waals surface area contributed by atoms with Gasteiger partial charge < -0.3 is 15.0 Å². The van der Waals surface area contributed by atoms with Crippen LogP contribution in [0.3, 0.4) is 0 Å². The molecule has 1 aromatic heterocycles. The van der Waals surface area contributed by atoms with Crippen LogP contribution in [-0.2, 0) is 9.53 Å². The van der Waals surface area contributed by atoms with Crippen LogP contribution in [0.15, 0.2) is 36.7 Å². The molecular weight excluding hydrogens is 359 g/mol. The van der Waals surface area contributed by atoms with Crippen LogP contribution in [0.2, 0.25) is 0 Å². The Morgan fingerprint density at radius 1 is 1.25 bits per heavy atom. The fourth-order valence-electron chi connectivity index (χ4n) is 3.34. The van der Waals surface area contributed by atoms with Gasteiger partial charge in [0, 0.05) is 50.4 Å². The summed E-state index contributed by atoms with van der Waals surface area (Å²) < 4.78 is 18.4. The summed E-state index contributed by atoms with van der Waals surface area (Å²) >= 11 is 0. The maximum Gasteiger partial charge on any atom is 0.223 e. The van der Waals surface area contributed by atoms with Crippen molar-refractivity contribution >= 4 is 11.7 Å². The van der Waals surface area contributed by atoms with Gasteiger partial charge in [-0.15, -0.1) is 0 Å². The molecule has 0 spiro atoms. The Balaban J connectivity index is 1.51. The molecule has 0 radical (unpaired) electrons. The lowest BCUT2D eigenvalue weighted by atomic mass is 9.96. The summed E-state index contributed by atoms with van der Waals surface area (Å²) in [5.74, 6) is 0.744. The van der Waals surface area contributed by atoms with Gasteiger partial charge in [0.1, 0.15) is 18.0 Å². The second-order valence-electron chi connectivity index (χ2n) is 6.87. The molecule has 6 nitrogen and oxygen atoms in total. The number of benzene rings is 1. The van der Waals surface area contributed by atoms with Crippen LogP contribution >= 0.6 is 0 Å². The van der Waals surface area contributed by atoms with Crippen molar-refractivity contribution in [2.75, 3.05) is 37.7 Å². The summed E-state index contributed by atoms with van der Waals surface area (Å²) in [6.45, 7) is 5.56. The summed E-state index contributed by atoms with van der Waals surface area (Å²) in [5.41, 5.74) is 1.62. The molecular formula is C21H27FN4O2. The van der Waals surface area contributed by atoms with E-state index >= 15 is 0 Å². The van der Waals surface area contributed by atoms with Crippen molar-refractivity contribution in [3.8, 4) is 11.3 Å². The number of nitrogens with zero attached hydrogens (tertiary/aromatic N) is 3. The fourth-order valence-corrected chi connectivity index (χ4v) is 3.34. The van der Waals surface area contributed by atoms with Crippen molar-refractivity contribution in [2.45, 2.75) is 26.2 Å². The predicted molar refractivity (Wildman–Crippen MR) is 106 cm³/mol. The molecule has 0 aliphatic carbocycles. The minimum absolute atomic E-state index is 0.0433. The highest BCUT2D eigenvalue weighted by Gasteiger charge is 2.25. The maximum atomic E-state index is 13.1. The number of ether oxygens (including phenoxy) is 1. The van der Waals surface area contributed by atoms with Gasteiger partial charge in [-0.2, -0.15) is 0 Å². The molecule has 7 heteroatoms. The number of nitrogens with one attached hydrogen (secondary N) is 1. The molecule has 2 aromatic rings. The average Bonchev–Trinajstić information content (AvgIpc) is 2.74. The highest BCUT2D eigenvalue weighted by molar-refractivity contribution is 5.79. The van der Waals surface area contributed by atoms with Gasteiger partial charge in [0.2, 0.25) is 5.91 Å². The Morgan fingerprint density at radius 2 is 2.00 bits per heavy atom. The van der Waals surface area contributed by atoms with Crippen molar-refractivity contribution in [3.63, 3.8) is 0 Å². The number of anilines is 1. The third kappa shape index (κ3) is 5.48. The van der Waals surface area contributed by atoms with Crippen LogP contribution in [0.1, 0.15) is 26.2 Å². The molecule has 0 unspecified atom stereocenters. The van der Waals surface area contributed by atoms with Gasteiger partial charge in [0.25, 0.3) is 0 Å². The third-order valence-corrected chi connectivity index (χ3v) is 4.95. The zero-order chi connectivity index (χ0) is 19.8. The molecule has 1 fully saturated rings. The summed E-state index contributed by atoms with van der Waals surface area (Å²) in [7, 11) is 0. The summed E-state index contributed by atoms with van der Waals surface area (Å²) in [4.78, 5) is 23.2. The summed E-state index contributed by atoms with van der Waals surface area (Å²) in [6, 6.07) is 8.19. The van der Waals surface area contributed by atoms with E-state index in [9.17, 15) is 9.18 Å². The molecule has 3 rings (SSSR count). The lowest BCUT2D eigenvalue weighted by molar-refractivity contribution is -0.125. The largest absolute Gasteiger partial charge is 0.382 e. The number of hydrogen-bond acceptors (Lipinski definition) is 5. The monoisotopic (exact) mass is 386 g/mol. The Labute approximate surface area is 165 Å². The lowest BCUT2D eigenvalue weighted by Crippen LogP contribution is -2.41. The predicted octanol–water partition coefficient (Wildman–Crippen LogP) is 3.04. The van der Waals surface area contributed by atoms with E-state index in [4.69, 9.17) is 4.74 Å². The number of amides is 1. The van der Waals surface area contributed by atoms with Crippen LogP contribution in [0, 0.1) is 11.7 Å². The van der Waals surface area contributed by atoms with E-state index in [2.05, 4.69) is 20.2 Å². The number of halogens is 1. The van der Waals surface area contributed by atoms with E-state index in [0.29, 0.717) is 19.8 Å². The molecule has 0 saturated carbocycles. The van der Waals surface area contributed by atoms with E-state index in [1.807, 2.05) is 13.0 Å². The second kappa shape index (κ2) is 10.1. The molecule has 0 atom stereocenters. The number of aromatic nitrogens is 2. The third-order valence-electron chi connectivity index (χ3n) is 4.95. The van der Waals surface area contributed by atoms with Crippen LogP contribution in [-0.4, -0.2) is 48.7 Å². The van der Waals surface area contributed by atoms with Crippen LogP contribution in [0.5, 0.6) is 0 Å². The zero-order valence-corrected chi connectivity index (χ0v) is 16.2. The molecule has 1 aromatic carbocycles. The Morgan fingerprint density at radius 3 is 2.71 bits per heavy atom. The second-order valence-corrected chi connectivity index (χ2v) is 6.87. The minimum atomic E-state index is -0.267. The Hall–Kier alpha value is -2.54. The van der Waals surface area contributed by atoms with Crippen molar-refractivity contribution in [1.82, 2.24) is 15.3 Å². The lowest BCUT2D eigenvalue weighted by Gasteiger charge is -2.32. The summed E-state index contributed by atoms with van der Waals surface area (Å²) in [5, 5.41) is 3.01. The van der Waals surface area contributed by atoms with Crippen LogP contribution in [0.4, 0.5) is 10.2 Å². The smallest absolute Gasteiger partial charge is 0.223 e. The molecule has 28 heavy (non-hydrogen) atoms. The number of piperidine rings is 1. The van der Waals surface area contributed by atoms with Gasteiger partial charge >= 0.3 is 0 Å². The first kappa shape index (κ1) is 20.2. The average molecular weight is 386 g/mol. The van der Waals surface area contributed by atoms with E-state index in [-0.39, 0.29) is 17.6 Å². The van der Waals surface area contributed by atoms with Gasteiger partial charge in [-0.1, -0.05) is 0 Å². The van der Waals surface area contributed by atoms with Gasteiger partial charge in [-0.05, 0) is 50.5 Å². The first-order valence-corrected chi connectivity index (χ1v) is 9.85. The van der Waals surface area contributed by atoms with Gasteiger partial charge in [0.15, 0.2) is 0 Å². The number of rotatable bonds is 8. The number of carbonyl (C=O) groups excluding carboxylic acids is 1. The number of carbonyl (C=O) groups is 1. The topological polar surface area (TPSA) is 67.3 Å². The highest BCUT2D eigenvalue weighted by atomic mass is 19.1. The fraction of sp³-hybridized carbons (Fsp3) is 0.476. The zero-order valence-electron chi connectivity index (χ0n) is 16.2. The molecule has 2 heterocycles. The molecule has 1 N–H and O–H groups in total. The first-order chi connectivity index (χ1) is 13.7. The van der Waals surface area contributed by atoms with Crippen molar-refractivity contribution in [1.29, 1.82) is 0 Å². The van der Waals surface area contributed by atoms with Crippen molar-refractivity contribution < 1.29 is 13.9 Å². The molecule has 150 valence electrons. The van der Waals surface area contributed by atoms with E-state index in [1.54, 1.807) is 12.1 Å². The van der Waals surface area contributed by atoms with E-state index in [0.717, 1.165) is 49.4 Å². The van der Waals surface area contributed by atoms with Gasteiger partial charge in [0.05, 0.1) is 5.69 Å². The highest BCUT2D eigenvalue weighted by Crippen LogP contribution is 2.25. The molecule has 1 amide bonds. The maximum absolute atomic E-state index is 13.1. The summed E-state index contributed by atoms with van der Waals surface area (Å²) in [6.07, 6.45) is 3.97. The molecule has 1 aliphatic rings. The standard InChI is InChI=1S/C21H27FN4O2/c1-2-28-13-3-10-23-21(27)17-8-11-26(12-9-17)20-14-19(24-15-25-20)16-4-6-18(22)7-5-16/h4-7,14-15,17H,2-3,8-13H2,1H3,(H,23,27). The first-order valence-electron chi connectivity index (χ1n) is 9.85. The Bertz CT molecular complexity index is 761. The van der Waals surface area contributed by atoms with Crippen molar-refractivity contribution in [3.05, 3.63) is 42.5 Å². The van der Waals surface area contributed by atoms with E-state index < -0.39 is 0 Å². The van der Waals surface area contributed by atoms with Crippen LogP contribution in [0.25, 0.3) is 11.3 Å². The minimum Gasteiger partial charge on any atom is -0.382 e. The van der Waals surface area contributed by atoms with Gasteiger partial charge in [-0.3, -0.25) is 4.79 Å². The number of hydrogen-bond donors (Lipinski definition) is 1. The molecule has 1 aliphatic heterocycles. The van der Waals surface area contributed by atoms with Crippen LogP contribution < -0.4 is 10.2 Å². The Kier molecular flexibility index (Phi) is 7.31. The van der Waals surface area contributed by atoms with Gasteiger partial charge in [-0.25, -0.2) is 14.4 Å². The van der Waals surface area contributed by atoms with E-state index in [1.165, 1.54) is 18.5 Å². The molecule has 0 bridgehead atoms. The quantitative estimate of drug-likeness (QED) is 0.707. The molecule has 1 saturated heterocycles. The van der Waals surface area contributed by atoms with Crippen molar-refractivity contribution in [2.24, 2.45) is 5.92 Å². The normalized spacial score (nSPS) is 14.9. The SMILES string of the molecule is CCOCCCNC(=O)C1CCN(c2cc(-c3ccc(F)cc3)ncn2)CC1.